The minimum Gasteiger partial charge on any atom is -0.450 e. The van der Waals surface area contributed by atoms with E-state index in [2.05, 4.69) is 5.32 Å². The van der Waals surface area contributed by atoms with Gasteiger partial charge in [-0.05, 0) is 31.0 Å². The van der Waals surface area contributed by atoms with E-state index in [0.717, 1.165) is 12.0 Å². The van der Waals surface area contributed by atoms with Gasteiger partial charge in [-0.1, -0.05) is 24.3 Å². The Morgan fingerprint density at radius 2 is 1.94 bits per heavy atom. The molecule has 0 aromatic heterocycles. The van der Waals surface area contributed by atoms with E-state index in [0.29, 0.717) is 19.7 Å². The summed E-state index contributed by atoms with van der Waals surface area (Å²) in [4.78, 5) is 11.0. The summed E-state index contributed by atoms with van der Waals surface area (Å²) in [7, 11) is 0. The van der Waals surface area contributed by atoms with Crippen molar-refractivity contribution in [3.63, 3.8) is 0 Å². The zero-order valence-electron chi connectivity index (χ0n) is 9.53. The van der Waals surface area contributed by atoms with Gasteiger partial charge in [0.25, 0.3) is 0 Å². The fourth-order valence-corrected chi connectivity index (χ4v) is 1.35. The molecule has 88 valence electrons. The van der Waals surface area contributed by atoms with Crippen LogP contribution in [0.5, 0.6) is 0 Å². The SMILES string of the molecule is CCOC(=O)NCc1ccc(CCN)cc1. The Kier molecular flexibility index (Phi) is 5.36. The lowest BCUT2D eigenvalue weighted by Gasteiger charge is -2.06. The van der Waals surface area contributed by atoms with Gasteiger partial charge >= 0.3 is 6.09 Å². The van der Waals surface area contributed by atoms with Crippen molar-refractivity contribution in [3.05, 3.63) is 35.4 Å². The van der Waals surface area contributed by atoms with Crippen LogP contribution in [-0.2, 0) is 17.7 Å². The van der Waals surface area contributed by atoms with Gasteiger partial charge < -0.3 is 15.8 Å². The fraction of sp³-hybridized carbons (Fsp3) is 0.417. The fourth-order valence-electron chi connectivity index (χ4n) is 1.35. The molecule has 4 nitrogen and oxygen atoms in total. The summed E-state index contributed by atoms with van der Waals surface area (Å²) in [6.45, 7) is 3.31. The Labute approximate surface area is 95.8 Å². The molecule has 1 aromatic carbocycles. The monoisotopic (exact) mass is 222 g/mol. The van der Waals surface area contributed by atoms with Crippen molar-refractivity contribution in [2.45, 2.75) is 19.9 Å². The van der Waals surface area contributed by atoms with Gasteiger partial charge in [-0.3, -0.25) is 0 Å². The van der Waals surface area contributed by atoms with Crippen LogP contribution in [0.4, 0.5) is 4.79 Å². The lowest BCUT2D eigenvalue weighted by Crippen LogP contribution is -2.23. The average Bonchev–Trinajstić information content (AvgIpc) is 2.29. The summed E-state index contributed by atoms with van der Waals surface area (Å²) in [6.07, 6.45) is 0.500. The summed E-state index contributed by atoms with van der Waals surface area (Å²) >= 11 is 0. The highest BCUT2D eigenvalue weighted by atomic mass is 16.5. The van der Waals surface area contributed by atoms with Gasteiger partial charge in [0, 0.05) is 6.54 Å². The largest absolute Gasteiger partial charge is 0.450 e. The summed E-state index contributed by atoms with van der Waals surface area (Å²) in [5.74, 6) is 0. The molecule has 16 heavy (non-hydrogen) atoms. The molecule has 4 heteroatoms. The van der Waals surface area contributed by atoms with Gasteiger partial charge in [0.15, 0.2) is 0 Å². The average molecular weight is 222 g/mol. The minimum absolute atomic E-state index is 0.381. The normalized spacial score (nSPS) is 9.88. The third kappa shape index (κ3) is 4.31. The highest BCUT2D eigenvalue weighted by molar-refractivity contribution is 5.67. The number of nitrogens with one attached hydrogen (secondary N) is 1. The van der Waals surface area contributed by atoms with Crippen LogP contribution in [0.1, 0.15) is 18.1 Å². The predicted octanol–water partition coefficient (Wildman–Crippen LogP) is 1.43. The summed E-state index contributed by atoms with van der Waals surface area (Å²) in [5.41, 5.74) is 7.72. The van der Waals surface area contributed by atoms with Crippen LogP contribution in [0.25, 0.3) is 0 Å². The lowest BCUT2D eigenvalue weighted by molar-refractivity contribution is 0.151. The first kappa shape index (κ1) is 12.5. The zero-order chi connectivity index (χ0) is 11.8. The Balaban J connectivity index is 2.40. The molecule has 0 aliphatic carbocycles. The van der Waals surface area contributed by atoms with Crippen LogP contribution in [0, 0.1) is 0 Å². The Morgan fingerprint density at radius 1 is 1.31 bits per heavy atom. The quantitative estimate of drug-likeness (QED) is 0.792. The molecular formula is C12H18N2O2. The van der Waals surface area contributed by atoms with Crippen molar-refractivity contribution in [2.24, 2.45) is 5.73 Å². The molecule has 0 spiro atoms. The van der Waals surface area contributed by atoms with Gasteiger partial charge in [-0.2, -0.15) is 0 Å². The zero-order valence-corrected chi connectivity index (χ0v) is 9.53. The molecule has 1 amide bonds. The van der Waals surface area contributed by atoms with Crippen LogP contribution in [-0.4, -0.2) is 19.2 Å². The molecule has 0 fully saturated rings. The molecule has 1 rings (SSSR count). The molecule has 0 bridgehead atoms. The van der Waals surface area contributed by atoms with Crippen molar-refractivity contribution in [1.82, 2.24) is 5.32 Å². The number of amides is 1. The van der Waals surface area contributed by atoms with Crippen LogP contribution in [0.3, 0.4) is 0 Å². The van der Waals surface area contributed by atoms with E-state index in [1.807, 2.05) is 24.3 Å². The molecular weight excluding hydrogens is 204 g/mol. The Hall–Kier alpha value is -1.55. The second-order valence-corrected chi connectivity index (χ2v) is 3.43. The molecule has 0 radical (unpaired) electrons. The molecule has 0 saturated carbocycles. The van der Waals surface area contributed by atoms with Gasteiger partial charge in [0.1, 0.15) is 0 Å². The van der Waals surface area contributed by atoms with Crippen LogP contribution in [0.2, 0.25) is 0 Å². The number of carbonyl (C=O) groups excluding carboxylic acids is 1. The molecule has 0 atom stereocenters. The standard InChI is InChI=1S/C12H18N2O2/c1-2-16-12(15)14-9-11-5-3-10(4-6-11)7-8-13/h3-6H,2,7-9,13H2,1H3,(H,14,15). The van der Waals surface area contributed by atoms with E-state index in [9.17, 15) is 4.79 Å². The third-order valence-corrected chi connectivity index (χ3v) is 2.17. The first-order valence-corrected chi connectivity index (χ1v) is 5.44. The molecule has 0 saturated heterocycles. The van der Waals surface area contributed by atoms with Crippen LogP contribution in [0.15, 0.2) is 24.3 Å². The van der Waals surface area contributed by atoms with Gasteiger partial charge in [0.2, 0.25) is 0 Å². The van der Waals surface area contributed by atoms with Crippen molar-refractivity contribution in [3.8, 4) is 0 Å². The first-order valence-electron chi connectivity index (χ1n) is 5.44. The van der Waals surface area contributed by atoms with Crippen molar-refractivity contribution >= 4 is 6.09 Å². The number of benzene rings is 1. The number of carbonyl (C=O) groups is 1. The minimum atomic E-state index is -0.381. The van der Waals surface area contributed by atoms with Crippen LogP contribution < -0.4 is 11.1 Å². The molecule has 1 aromatic rings. The van der Waals surface area contributed by atoms with Gasteiger partial charge in [-0.25, -0.2) is 4.79 Å². The van der Waals surface area contributed by atoms with E-state index in [-0.39, 0.29) is 6.09 Å². The number of ether oxygens (including phenoxy) is 1. The van der Waals surface area contributed by atoms with Crippen molar-refractivity contribution < 1.29 is 9.53 Å². The second kappa shape index (κ2) is 6.85. The smallest absolute Gasteiger partial charge is 0.407 e. The topological polar surface area (TPSA) is 64.3 Å². The summed E-state index contributed by atoms with van der Waals surface area (Å²) < 4.78 is 4.76. The Bertz CT molecular complexity index is 322. The maximum atomic E-state index is 11.0. The lowest BCUT2D eigenvalue weighted by atomic mass is 10.1. The van der Waals surface area contributed by atoms with E-state index in [1.165, 1.54) is 5.56 Å². The molecule has 0 unspecified atom stereocenters. The second-order valence-electron chi connectivity index (χ2n) is 3.43. The highest BCUT2D eigenvalue weighted by Gasteiger charge is 2.00. The number of rotatable bonds is 5. The number of hydrogen-bond donors (Lipinski definition) is 2. The summed E-state index contributed by atoms with van der Waals surface area (Å²) in [5, 5.41) is 2.67. The molecule has 0 aliphatic rings. The highest BCUT2D eigenvalue weighted by Crippen LogP contribution is 2.04. The predicted molar refractivity (Wildman–Crippen MR) is 63.1 cm³/mol. The van der Waals surface area contributed by atoms with Gasteiger partial charge in [0.05, 0.1) is 6.61 Å². The maximum absolute atomic E-state index is 11.0. The molecule has 0 heterocycles. The van der Waals surface area contributed by atoms with E-state index in [4.69, 9.17) is 10.5 Å². The molecule has 3 N–H and O–H groups in total. The number of hydrogen-bond acceptors (Lipinski definition) is 3. The summed E-state index contributed by atoms with van der Waals surface area (Å²) in [6, 6.07) is 8.01. The Morgan fingerprint density at radius 3 is 2.50 bits per heavy atom. The van der Waals surface area contributed by atoms with E-state index in [1.54, 1.807) is 6.92 Å². The van der Waals surface area contributed by atoms with Gasteiger partial charge in [-0.15, -0.1) is 0 Å². The third-order valence-electron chi connectivity index (χ3n) is 2.17. The van der Waals surface area contributed by atoms with E-state index < -0.39 is 0 Å². The van der Waals surface area contributed by atoms with Crippen LogP contribution >= 0.6 is 0 Å². The van der Waals surface area contributed by atoms with Crippen molar-refractivity contribution in [2.75, 3.05) is 13.2 Å². The first-order chi connectivity index (χ1) is 7.76. The van der Waals surface area contributed by atoms with Crippen molar-refractivity contribution in [1.29, 1.82) is 0 Å². The van der Waals surface area contributed by atoms with E-state index >= 15 is 0 Å². The maximum Gasteiger partial charge on any atom is 0.407 e. The number of alkyl carbamates (subject to hydrolysis) is 1. The number of nitrogens with two attached hydrogens (primary N) is 1. The molecule has 0 aliphatic heterocycles.